The maximum absolute atomic E-state index is 13.9. The van der Waals surface area contributed by atoms with Crippen molar-refractivity contribution in [3.63, 3.8) is 0 Å². The van der Waals surface area contributed by atoms with Crippen molar-refractivity contribution in [2.45, 2.75) is 50.7 Å². The summed E-state index contributed by atoms with van der Waals surface area (Å²) in [4.78, 5) is 28.3. The number of carbonyl (C=O) groups excluding carboxylic acids is 2. The number of sulfonamides is 1. The first-order chi connectivity index (χ1) is 18.4. The van der Waals surface area contributed by atoms with Crippen LogP contribution in [-0.4, -0.2) is 43.8 Å². The highest BCUT2D eigenvalue weighted by Crippen LogP contribution is 2.33. The van der Waals surface area contributed by atoms with Gasteiger partial charge in [-0.25, -0.2) is 8.42 Å². The van der Waals surface area contributed by atoms with E-state index in [9.17, 15) is 18.0 Å². The minimum Gasteiger partial charge on any atom is -0.352 e. The number of nitrogens with zero attached hydrogens (tertiary/aromatic N) is 2. The molecule has 39 heavy (non-hydrogen) atoms. The summed E-state index contributed by atoms with van der Waals surface area (Å²) in [6.07, 6.45) is 0.705. The van der Waals surface area contributed by atoms with Gasteiger partial charge in [0, 0.05) is 22.6 Å². The number of rotatable bonds is 11. The first-order valence-corrected chi connectivity index (χ1v) is 14.9. The number of carbonyl (C=O) groups is 2. The molecule has 2 amide bonds. The summed E-state index contributed by atoms with van der Waals surface area (Å²) >= 11 is 18.8. The van der Waals surface area contributed by atoms with Crippen LogP contribution in [0.5, 0.6) is 0 Å². The van der Waals surface area contributed by atoms with Crippen molar-refractivity contribution in [2.75, 3.05) is 10.8 Å². The van der Waals surface area contributed by atoms with Gasteiger partial charge in [-0.2, -0.15) is 0 Å². The molecule has 0 aliphatic carbocycles. The van der Waals surface area contributed by atoms with E-state index in [4.69, 9.17) is 34.8 Å². The van der Waals surface area contributed by atoms with Crippen molar-refractivity contribution in [2.24, 2.45) is 0 Å². The van der Waals surface area contributed by atoms with E-state index in [1.807, 2.05) is 13.8 Å². The maximum atomic E-state index is 13.9. The molecule has 1 N–H and O–H groups in total. The summed E-state index contributed by atoms with van der Waals surface area (Å²) in [5.74, 6) is -0.977. The van der Waals surface area contributed by atoms with Crippen LogP contribution in [0.25, 0.3) is 0 Å². The predicted molar refractivity (Wildman–Crippen MR) is 157 cm³/mol. The summed E-state index contributed by atoms with van der Waals surface area (Å²) in [5, 5.41) is 3.69. The minimum absolute atomic E-state index is 0.0248. The van der Waals surface area contributed by atoms with Crippen molar-refractivity contribution in [3.05, 3.63) is 93.4 Å². The van der Waals surface area contributed by atoms with E-state index in [-0.39, 0.29) is 39.1 Å². The quantitative estimate of drug-likeness (QED) is 0.281. The highest BCUT2D eigenvalue weighted by Gasteiger charge is 2.33. The lowest BCUT2D eigenvalue weighted by Gasteiger charge is -2.32. The summed E-state index contributed by atoms with van der Waals surface area (Å²) in [5.41, 5.74) is 0.720. The molecule has 7 nitrogen and oxygen atoms in total. The fourth-order valence-electron chi connectivity index (χ4n) is 3.79. The Balaban J connectivity index is 2.06. The van der Waals surface area contributed by atoms with Gasteiger partial charge < -0.3 is 10.2 Å². The molecule has 208 valence electrons. The standard InChI is InChI=1S/C28H30Cl3N3O4S/c1-4-19(2)32-28(36)20(3)33(17-21-9-8-10-22(29)15-21)27(35)18-34(26-16-23(30)13-14-25(26)31)39(37,38)24-11-6-5-7-12-24/h5-16,19-20H,4,17-18H2,1-3H3,(H,32,36). The van der Waals surface area contributed by atoms with Crippen LogP contribution >= 0.6 is 34.8 Å². The molecule has 0 aliphatic rings. The summed E-state index contributed by atoms with van der Waals surface area (Å²) in [7, 11) is -4.25. The molecule has 0 saturated heterocycles. The van der Waals surface area contributed by atoms with E-state index < -0.39 is 28.5 Å². The molecule has 0 aliphatic heterocycles. The van der Waals surface area contributed by atoms with Crippen LogP contribution in [0.3, 0.4) is 0 Å². The molecule has 2 atom stereocenters. The summed E-state index contributed by atoms with van der Waals surface area (Å²) in [6.45, 7) is 4.80. The van der Waals surface area contributed by atoms with Crippen LogP contribution in [0.15, 0.2) is 77.7 Å². The van der Waals surface area contributed by atoms with Crippen molar-refractivity contribution in [1.82, 2.24) is 10.2 Å². The highest BCUT2D eigenvalue weighted by molar-refractivity contribution is 7.92. The number of amides is 2. The molecule has 0 radical (unpaired) electrons. The molecule has 0 fully saturated rings. The Morgan fingerprint density at radius 3 is 2.21 bits per heavy atom. The zero-order valence-electron chi connectivity index (χ0n) is 21.8. The lowest BCUT2D eigenvalue weighted by Crippen LogP contribution is -2.52. The van der Waals surface area contributed by atoms with Gasteiger partial charge in [-0.3, -0.25) is 13.9 Å². The van der Waals surface area contributed by atoms with Gasteiger partial charge in [-0.1, -0.05) is 72.1 Å². The topological polar surface area (TPSA) is 86.8 Å². The Hall–Kier alpha value is -2.78. The number of halogens is 3. The van der Waals surface area contributed by atoms with Gasteiger partial charge in [0.25, 0.3) is 10.0 Å². The smallest absolute Gasteiger partial charge is 0.264 e. The molecule has 0 spiro atoms. The average molecular weight is 611 g/mol. The number of nitrogens with one attached hydrogen (secondary N) is 1. The van der Waals surface area contributed by atoms with E-state index >= 15 is 0 Å². The zero-order valence-corrected chi connectivity index (χ0v) is 24.9. The lowest BCUT2D eigenvalue weighted by molar-refractivity contribution is -0.139. The Labute approximate surface area is 244 Å². The van der Waals surface area contributed by atoms with Crippen molar-refractivity contribution in [1.29, 1.82) is 0 Å². The van der Waals surface area contributed by atoms with Crippen LogP contribution < -0.4 is 9.62 Å². The highest BCUT2D eigenvalue weighted by atomic mass is 35.5. The van der Waals surface area contributed by atoms with Gasteiger partial charge in [0.05, 0.1) is 15.6 Å². The Kier molecular flexibility index (Phi) is 10.7. The second-order valence-electron chi connectivity index (χ2n) is 9.07. The minimum atomic E-state index is -4.25. The largest absolute Gasteiger partial charge is 0.352 e. The van der Waals surface area contributed by atoms with Crippen LogP contribution in [0.1, 0.15) is 32.8 Å². The third kappa shape index (κ3) is 7.88. The molecular weight excluding hydrogens is 581 g/mol. The second kappa shape index (κ2) is 13.5. The first-order valence-electron chi connectivity index (χ1n) is 12.3. The normalized spacial score (nSPS) is 12.9. The molecule has 0 saturated carbocycles. The average Bonchev–Trinajstić information content (AvgIpc) is 2.91. The molecule has 0 aromatic heterocycles. The molecule has 3 aromatic rings. The van der Waals surface area contributed by atoms with E-state index in [2.05, 4.69) is 5.32 Å². The summed E-state index contributed by atoms with van der Waals surface area (Å²) in [6, 6.07) is 18.0. The number of benzene rings is 3. The van der Waals surface area contributed by atoms with E-state index in [0.717, 1.165) is 4.31 Å². The van der Waals surface area contributed by atoms with Crippen LogP contribution in [0.4, 0.5) is 5.69 Å². The fourth-order valence-corrected chi connectivity index (χ4v) is 5.88. The van der Waals surface area contributed by atoms with Gasteiger partial charge in [-0.15, -0.1) is 0 Å². The summed E-state index contributed by atoms with van der Waals surface area (Å²) < 4.78 is 28.5. The fraction of sp³-hybridized carbons (Fsp3) is 0.286. The predicted octanol–water partition coefficient (Wildman–Crippen LogP) is 6.17. The zero-order chi connectivity index (χ0) is 28.7. The van der Waals surface area contributed by atoms with Crippen LogP contribution in [0, 0.1) is 0 Å². The van der Waals surface area contributed by atoms with E-state index in [1.165, 1.54) is 35.2 Å². The van der Waals surface area contributed by atoms with Crippen molar-refractivity contribution < 1.29 is 18.0 Å². The second-order valence-corrected chi connectivity index (χ2v) is 12.2. The van der Waals surface area contributed by atoms with Gasteiger partial charge in [0.15, 0.2) is 0 Å². The molecule has 2 unspecified atom stereocenters. The number of hydrogen-bond donors (Lipinski definition) is 1. The maximum Gasteiger partial charge on any atom is 0.264 e. The Morgan fingerprint density at radius 1 is 0.897 bits per heavy atom. The van der Waals surface area contributed by atoms with Crippen molar-refractivity contribution >= 4 is 62.3 Å². The third-order valence-corrected chi connectivity index (χ3v) is 8.76. The molecule has 0 bridgehead atoms. The monoisotopic (exact) mass is 609 g/mol. The van der Waals surface area contributed by atoms with E-state index in [0.29, 0.717) is 17.0 Å². The van der Waals surface area contributed by atoms with Crippen LogP contribution in [-0.2, 0) is 26.2 Å². The van der Waals surface area contributed by atoms with E-state index in [1.54, 1.807) is 49.4 Å². The number of anilines is 1. The molecule has 11 heteroatoms. The lowest BCUT2D eigenvalue weighted by atomic mass is 10.1. The molecule has 0 heterocycles. The molecule has 3 rings (SSSR count). The van der Waals surface area contributed by atoms with Gasteiger partial charge in [0.2, 0.25) is 11.8 Å². The van der Waals surface area contributed by atoms with Gasteiger partial charge in [-0.05, 0) is 68.3 Å². The first kappa shape index (κ1) is 30.8. The third-order valence-electron chi connectivity index (χ3n) is 6.20. The Bertz CT molecular complexity index is 1420. The molecular formula is C28H30Cl3N3O4S. The Morgan fingerprint density at radius 2 is 1.56 bits per heavy atom. The van der Waals surface area contributed by atoms with Crippen molar-refractivity contribution in [3.8, 4) is 0 Å². The van der Waals surface area contributed by atoms with Gasteiger partial charge in [0.1, 0.15) is 12.6 Å². The molecule has 3 aromatic carbocycles. The SMILES string of the molecule is CCC(C)NC(=O)C(C)N(Cc1cccc(Cl)c1)C(=O)CN(c1cc(Cl)ccc1Cl)S(=O)(=O)c1ccccc1. The van der Waals surface area contributed by atoms with Crippen LogP contribution in [0.2, 0.25) is 15.1 Å². The number of hydrogen-bond acceptors (Lipinski definition) is 4. The van der Waals surface area contributed by atoms with Gasteiger partial charge >= 0.3 is 0 Å².